The average molecular weight is 475 g/mol. The predicted molar refractivity (Wildman–Crippen MR) is 123 cm³/mol. The highest BCUT2D eigenvalue weighted by atomic mass is 35.5. The molecule has 0 fully saturated rings. The molecule has 9 heteroatoms. The Morgan fingerprint density at radius 2 is 1.60 bits per heavy atom. The third kappa shape index (κ3) is 6.17. The van der Waals surface area contributed by atoms with E-state index in [-0.39, 0.29) is 15.7 Å². The summed E-state index contributed by atoms with van der Waals surface area (Å²) in [5.41, 5.74) is 1.31. The first-order valence-corrected chi connectivity index (χ1v) is 11.9. The molecule has 2 rings (SSSR count). The average Bonchev–Trinajstić information content (AvgIpc) is 2.72. The lowest BCUT2D eigenvalue weighted by molar-refractivity contribution is 0.300. The maximum absolute atomic E-state index is 12.9. The van der Waals surface area contributed by atoms with Crippen molar-refractivity contribution >= 4 is 38.9 Å². The number of halogens is 2. The van der Waals surface area contributed by atoms with Crippen LogP contribution in [0.3, 0.4) is 0 Å². The van der Waals surface area contributed by atoms with Crippen LogP contribution in [0, 0.1) is 0 Å². The van der Waals surface area contributed by atoms with E-state index in [9.17, 15) is 8.42 Å². The Morgan fingerprint density at radius 1 is 0.967 bits per heavy atom. The molecule has 0 atom stereocenters. The molecule has 30 heavy (non-hydrogen) atoms. The van der Waals surface area contributed by atoms with Gasteiger partial charge in [0.25, 0.3) is 10.0 Å². The van der Waals surface area contributed by atoms with E-state index in [2.05, 4.69) is 23.5 Å². The lowest BCUT2D eigenvalue weighted by Gasteiger charge is -2.18. The first-order chi connectivity index (χ1) is 14.2. The van der Waals surface area contributed by atoms with E-state index in [1.807, 2.05) is 0 Å². The van der Waals surface area contributed by atoms with Crippen molar-refractivity contribution in [3.05, 3.63) is 45.9 Å². The molecular formula is C21H28Cl2N2O4S. The smallest absolute Gasteiger partial charge is 0.263 e. The molecule has 0 aliphatic heterocycles. The van der Waals surface area contributed by atoms with E-state index in [1.165, 1.54) is 26.4 Å². The van der Waals surface area contributed by atoms with Gasteiger partial charge in [-0.25, -0.2) is 8.42 Å². The van der Waals surface area contributed by atoms with E-state index in [4.69, 9.17) is 32.7 Å². The number of hydrogen-bond acceptors (Lipinski definition) is 5. The monoisotopic (exact) mass is 474 g/mol. The van der Waals surface area contributed by atoms with E-state index >= 15 is 0 Å². The molecule has 0 radical (unpaired) electrons. The Kier molecular flexibility index (Phi) is 9.09. The second-order valence-electron chi connectivity index (χ2n) is 6.68. The number of ether oxygens (including phenoxy) is 2. The molecule has 0 aliphatic carbocycles. The number of nitrogens with one attached hydrogen (secondary N) is 1. The Hall–Kier alpha value is -1.67. The number of aryl methyl sites for hydroxylation is 1. The summed E-state index contributed by atoms with van der Waals surface area (Å²) in [7, 11) is -1.06. The van der Waals surface area contributed by atoms with Crippen LogP contribution in [0.25, 0.3) is 0 Å². The Bertz CT molecular complexity index is 964. The molecule has 0 saturated carbocycles. The van der Waals surface area contributed by atoms with E-state index in [0.29, 0.717) is 16.5 Å². The maximum Gasteiger partial charge on any atom is 0.263 e. The number of rotatable bonds is 11. The number of sulfonamides is 1. The molecule has 2 aromatic carbocycles. The SMILES string of the molecule is CCN(CC)CCCc1cc(NS(=O)(=O)c2cc(OC)c(OC)cc2Cl)ccc1Cl. The lowest BCUT2D eigenvalue weighted by Crippen LogP contribution is -2.24. The van der Waals surface area contributed by atoms with Gasteiger partial charge in [-0.05, 0) is 56.2 Å². The third-order valence-electron chi connectivity index (χ3n) is 4.84. The van der Waals surface area contributed by atoms with Gasteiger partial charge < -0.3 is 14.4 Å². The molecule has 0 amide bonds. The third-order valence-corrected chi connectivity index (χ3v) is 7.06. The topological polar surface area (TPSA) is 67.9 Å². The highest BCUT2D eigenvalue weighted by molar-refractivity contribution is 7.92. The highest BCUT2D eigenvalue weighted by Gasteiger charge is 2.22. The molecule has 0 bridgehead atoms. The van der Waals surface area contributed by atoms with Gasteiger partial charge in [0.2, 0.25) is 0 Å². The molecule has 0 aromatic heterocycles. The summed E-state index contributed by atoms with van der Waals surface area (Å²) >= 11 is 12.5. The van der Waals surface area contributed by atoms with Gasteiger partial charge in [0.15, 0.2) is 11.5 Å². The number of hydrogen-bond donors (Lipinski definition) is 1. The molecule has 0 saturated heterocycles. The molecule has 2 aromatic rings. The van der Waals surface area contributed by atoms with Gasteiger partial charge in [0.05, 0.1) is 19.2 Å². The molecule has 0 spiro atoms. The van der Waals surface area contributed by atoms with Crippen molar-refractivity contribution in [2.75, 3.05) is 38.6 Å². The van der Waals surface area contributed by atoms with Crippen LogP contribution >= 0.6 is 23.2 Å². The molecule has 0 heterocycles. The van der Waals surface area contributed by atoms with Crippen LogP contribution in [0.5, 0.6) is 11.5 Å². The highest BCUT2D eigenvalue weighted by Crippen LogP contribution is 2.36. The van der Waals surface area contributed by atoms with E-state index in [1.54, 1.807) is 18.2 Å². The number of nitrogens with zero attached hydrogens (tertiary/aromatic N) is 1. The second kappa shape index (κ2) is 11.1. The number of methoxy groups -OCH3 is 2. The Labute approximate surface area is 189 Å². The number of anilines is 1. The normalized spacial score (nSPS) is 11.6. The van der Waals surface area contributed by atoms with E-state index < -0.39 is 10.0 Å². The first-order valence-electron chi connectivity index (χ1n) is 9.70. The molecular weight excluding hydrogens is 447 g/mol. The summed E-state index contributed by atoms with van der Waals surface area (Å²) in [6.45, 7) is 7.21. The molecule has 6 nitrogen and oxygen atoms in total. The van der Waals surface area contributed by atoms with Gasteiger partial charge in [-0.3, -0.25) is 4.72 Å². The zero-order valence-corrected chi connectivity index (χ0v) is 20.0. The first kappa shape index (κ1) is 24.6. The van der Waals surface area contributed by atoms with E-state index in [0.717, 1.165) is 38.0 Å². The van der Waals surface area contributed by atoms with Crippen molar-refractivity contribution in [2.45, 2.75) is 31.6 Å². The summed E-state index contributed by atoms with van der Waals surface area (Å²) in [6.07, 6.45) is 1.68. The van der Waals surface area contributed by atoms with Crippen molar-refractivity contribution in [3.8, 4) is 11.5 Å². The molecule has 0 unspecified atom stereocenters. The quantitative estimate of drug-likeness (QED) is 0.491. The molecule has 0 aliphatic rings. The van der Waals surface area contributed by atoms with Gasteiger partial charge >= 0.3 is 0 Å². The van der Waals surface area contributed by atoms with Crippen LogP contribution in [-0.4, -0.2) is 47.2 Å². The van der Waals surface area contributed by atoms with Crippen molar-refractivity contribution in [1.29, 1.82) is 0 Å². The van der Waals surface area contributed by atoms with Crippen molar-refractivity contribution in [2.24, 2.45) is 0 Å². The molecule has 1 N–H and O–H groups in total. The van der Waals surface area contributed by atoms with Crippen molar-refractivity contribution < 1.29 is 17.9 Å². The zero-order chi connectivity index (χ0) is 22.3. The van der Waals surface area contributed by atoms with Crippen LogP contribution in [0.1, 0.15) is 25.8 Å². The Balaban J connectivity index is 2.23. The van der Waals surface area contributed by atoms with Gasteiger partial charge in [-0.15, -0.1) is 0 Å². The number of benzene rings is 2. The lowest BCUT2D eigenvalue weighted by atomic mass is 10.1. The van der Waals surface area contributed by atoms with Crippen LogP contribution < -0.4 is 14.2 Å². The fraction of sp³-hybridized carbons (Fsp3) is 0.429. The minimum Gasteiger partial charge on any atom is -0.493 e. The summed E-state index contributed by atoms with van der Waals surface area (Å²) in [5, 5.41) is 0.648. The minimum absolute atomic E-state index is 0.0357. The van der Waals surface area contributed by atoms with Gasteiger partial charge in [0.1, 0.15) is 4.90 Å². The van der Waals surface area contributed by atoms with Crippen molar-refractivity contribution in [1.82, 2.24) is 4.90 Å². The van der Waals surface area contributed by atoms with Crippen LogP contribution in [0.15, 0.2) is 35.2 Å². The summed E-state index contributed by atoms with van der Waals surface area (Å²) in [6, 6.07) is 7.83. The zero-order valence-electron chi connectivity index (χ0n) is 17.7. The standard InChI is InChI=1S/C21H28Cl2N2O4S/c1-5-25(6-2)11-7-8-15-12-16(9-10-17(15)22)24-30(26,27)21-14-20(29-4)19(28-3)13-18(21)23/h9-10,12-14,24H,5-8,11H2,1-4H3. The maximum atomic E-state index is 12.9. The predicted octanol–water partition coefficient (Wildman–Crippen LogP) is 5.09. The Morgan fingerprint density at radius 3 is 2.20 bits per heavy atom. The molecule has 166 valence electrons. The largest absolute Gasteiger partial charge is 0.493 e. The van der Waals surface area contributed by atoms with Gasteiger partial charge in [-0.2, -0.15) is 0 Å². The van der Waals surface area contributed by atoms with Crippen LogP contribution in [0.2, 0.25) is 10.0 Å². The summed E-state index contributed by atoms with van der Waals surface area (Å²) in [4.78, 5) is 2.24. The van der Waals surface area contributed by atoms with Crippen LogP contribution in [-0.2, 0) is 16.4 Å². The van der Waals surface area contributed by atoms with Gasteiger partial charge in [0, 0.05) is 22.8 Å². The summed E-state index contributed by atoms with van der Waals surface area (Å²) < 4.78 is 38.8. The fourth-order valence-electron chi connectivity index (χ4n) is 3.11. The van der Waals surface area contributed by atoms with Crippen molar-refractivity contribution in [3.63, 3.8) is 0 Å². The van der Waals surface area contributed by atoms with Crippen LogP contribution in [0.4, 0.5) is 5.69 Å². The summed E-state index contributed by atoms with van der Waals surface area (Å²) in [5.74, 6) is 0.624. The fourth-order valence-corrected chi connectivity index (χ4v) is 4.91. The minimum atomic E-state index is -3.94. The second-order valence-corrected chi connectivity index (χ2v) is 9.14. The van der Waals surface area contributed by atoms with Gasteiger partial charge in [-0.1, -0.05) is 37.0 Å².